The Morgan fingerprint density at radius 1 is 1.19 bits per heavy atom. The minimum absolute atomic E-state index is 0.202. The Bertz CT molecular complexity index is 396. The van der Waals surface area contributed by atoms with Crippen molar-refractivity contribution in [2.75, 3.05) is 6.54 Å². The summed E-state index contributed by atoms with van der Waals surface area (Å²) in [7, 11) is 0. The highest BCUT2D eigenvalue weighted by atomic mass is 16.4. The quantitative estimate of drug-likeness (QED) is 0.730. The van der Waals surface area contributed by atoms with Crippen LogP contribution in [0.25, 0.3) is 0 Å². The van der Waals surface area contributed by atoms with Gasteiger partial charge in [0, 0.05) is 6.54 Å². The van der Waals surface area contributed by atoms with Crippen LogP contribution in [0.2, 0.25) is 0 Å². The Labute approximate surface area is 126 Å². The summed E-state index contributed by atoms with van der Waals surface area (Å²) in [6.45, 7) is 4.93. The van der Waals surface area contributed by atoms with E-state index in [2.05, 4.69) is 24.5 Å². The molecule has 2 saturated carbocycles. The van der Waals surface area contributed by atoms with Crippen molar-refractivity contribution in [3.8, 4) is 0 Å². The average molecular weight is 296 g/mol. The van der Waals surface area contributed by atoms with Crippen LogP contribution in [0, 0.1) is 11.3 Å². The number of rotatable bonds is 5. The van der Waals surface area contributed by atoms with Gasteiger partial charge in [-0.3, -0.25) is 0 Å². The van der Waals surface area contributed by atoms with Crippen LogP contribution < -0.4 is 10.6 Å². The van der Waals surface area contributed by atoms with Gasteiger partial charge in [-0.1, -0.05) is 26.7 Å². The molecule has 0 radical (unpaired) electrons. The number of nitrogens with one attached hydrogen (secondary N) is 2. The van der Waals surface area contributed by atoms with Gasteiger partial charge in [0.15, 0.2) is 0 Å². The Balaban J connectivity index is 1.87. The number of aliphatic carboxylic acids is 1. The molecule has 0 bridgehead atoms. The lowest BCUT2D eigenvalue weighted by Gasteiger charge is -2.40. The maximum atomic E-state index is 12.1. The second-order valence-electron chi connectivity index (χ2n) is 7.21. The van der Waals surface area contributed by atoms with E-state index < -0.39 is 11.5 Å². The van der Waals surface area contributed by atoms with E-state index in [-0.39, 0.29) is 11.4 Å². The molecule has 120 valence electrons. The van der Waals surface area contributed by atoms with Crippen molar-refractivity contribution >= 4 is 12.0 Å². The fourth-order valence-corrected chi connectivity index (χ4v) is 3.48. The van der Waals surface area contributed by atoms with Gasteiger partial charge in [0.2, 0.25) is 0 Å². The number of carbonyl (C=O) groups is 2. The lowest BCUT2D eigenvalue weighted by Crippen LogP contribution is -2.59. The number of carbonyl (C=O) groups excluding carboxylic acids is 1. The Hall–Kier alpha value is -1.26. The van der Waals surface area contributed by atoms with Gasteiger partial charge < -0.3 is 15.7 Å². The van der Waals surface area contributed by atoms with E-state index in [1.54, 1.807) is 0 Å². The summed E-state index contributed by atoms with van der Waals surface area (Å²) in [5.41, 5.74) is -0.871. The summed E-state index contributed by atoms with van der Waals surface area (Å²) < 4.78 is 0. The SMILES string of the molecule is CCC1CCC(NC(=O)NCC2(C)CCC2)(C(=O)O)CC1. The van der Waals surface area contributed by atoms with Crippen molar-refractivity contribution in [2.24, 2.45) is 11.3 Å². The highest BCUT2D eigenvalue weighted by Crippen LogP contribution is 2.39. The summed E-state index contributed by atoms with van der Waals surface area (Å²) in [4.78, 5) is 23.7. The minimum atomic E-state index is -1.07. The van der Waals surface area contributed by atoms with Gasteiger partial charge in [0.25, 0.3) is 0 Å². The van der Waals surface area contributed by atoms with E-state index in [9.17, 15) is 14.7 Å². The van der Waals surface area contributed by atoms with E-state index >= 15 is 0 Å². The molecule has 0 aromatic heterocycles. The third-order valence-electron chi connectivity index (χ3n) is 5.53. The lowest BCUT2D eigenvalue weighted by molar-refractivity contribution is -0.146. The molecule has 5 nitrogen and oxygen atoms in total. The van der Waals surface area contributed by atoms with Crippen LogP contribution in [0.3, 0.4) is 0 Å². The molecule has 0 atom stereocenters. The molecule has 2 aliphatic rings. The molecule has 5 heteroatoms. The van der Waals surface area contributed by atoms with E-state index in [4.69, 9.17) is 0 Å². The van der Waals surface area contributed by atoms with Crippen molar-refractivity contribution in [3.63, 3.8) is 0 Å². The maximum absolute atomic E-state index is 12.1. The van der Waals surface area contributed by atoms with Crippen molar-refractivity contribution in [2.45, 2.75) is 70.8 Å². The van der Waals surface area contributed by atoms with Crippen LogP contribution in [0.4, 0.5) is 4.79 Å². The van der Waals surface area contributed by atoms with Gasteiger partial charge >= 0.3 is 12.0 Å². The average Bonchev–Trinajstić information content (AvgIpc) is 2.43. The van der Waals surface area contributed by atoms with E-state index in [0.717, 1.165) is 32.1 Å². The van der Waals surface area contributed by atoms with Crippen LogP contribution in [0.15, 0.2) is 0 Å². The molecule has 0 aromatic rings. The summed E-state index contributed by atoms with van der Waals surface area (Å²) in [6, 6.07) is -0.333. The first kappa shape index (κ1) is 16.1. The lowest BCUT2D eigenvalue weighted by atomic mass is 9.70. The van der Waals surface area contributed by atoms with Gasteiger partial charge in [-0.15, -0.1) is 0 Å². The van der Waals surface area contributed by atoms with Gasteiger partial charge in [-0.2, -0.15) is 0 Å². The molecule has 2 amide bonds. The second kappa shape index (κ2) is 6.24. The molecule has 0 unspecified atom stereocenters. The summed E-state index contributed by atoms with van der Waals surface area (Å²) in [6.07, 6.45) is 7.39. The molecule has 0 aromatic carbocycles. The van der Waals surface area contributed by atoms with Crippen LogP contribution in [-0.4, -0.2) is 29.2 Å². The van der Waals surface area contributed by atoms with Crippen molar-refractivity contribution in [1.82, 2.24) is 10.6 Å². The highest BCUT2D eigenvalue weighted by molar-refractivity contribution is 5.86. The molecular weight excluding hydrogens is 268 g/mol. The summed E-state index contributed by atoms with van der Waals surface area (Å²) in [5.74, 6) is -0.307. The van der Waals surface area contributed by atoms with Crippen molar-refractivity contribution < 1.29 is 14.7 Å². The van der Waals surface area contributed by atoms with Crippen LogP contribution in [0.5, 0.6) is 0 Å². The van der Waals surface area contributed by atoms with Crippen LogP contribution in [-0.2, 0) is 4.79 Å². The molecule has 2 rings (SSSR count). The molecule has 2 aliphatic carbocycles. The van der Waals surface area contributed by atoms with Gasteiger partial charge in [-0.25, -0.2) is 9.59 Å². The number of hydrogen-bond donors (Lipinski definition) is 3. The Morgan fingerprint density at radius 3 is 2.24 bits per heavy atom. The first-order valence-corrected chi connectivity index (χ1v) is 8.19. The Morgan fingerprint density at radius 2 is 1.81 bits per heavy atom. The van der Waals surface area contributed by atoms with Gasteiger partial charge in [0.05, 0.1) is 0 Å². The standard InChI is InChI=1S/C16H28N2O3/c1-3-12-5-9-16(10-6-12,13(19)20)18-14(21)17-11-15(2)7-4-8-15/h12H,3-11H2,1-2H3,(H,19,20)(H2,17,18,21). The predicted molar refractivity (Wildman–Crippen MR) is 81.1 cm³/mol. The summed E-state index contributed by atoms with van der Waals surface area (Å²) >= 11 is 0. The van der Waals surface area contributed by atoms with Gasteiger partial charge in [-0.05, 0) is 49.9 Å². The van der Waals surface area contributed by atoms with E-state index in [1.807, 2.05) is 0 Å². The second-order valence-corrected chi connectivity index (χ2v) is 7.21. The summed E-state index contributed by atoms with van der Waals surface area (Å²) in [5, 5.41) is 15.2. The molecule has 0 heterocycles. The zero-order chi connectivity index (χ0) is 15.5. The molecule has 21 heavy (non-hydrogen) atoms. The molecule has 0 aliphatic heterocycles. The molecule has 0 saturated heterocycles. The largest absolute Gasteiger partial charge is 0.480 e. The predicted octanol–water partition coefficient (Wildman–Crippen LogP) is 2.90. The number of urea groups is 1. The first-order chi connectivity index (χ1) is 9.89. The topological polar surface area (TPSA) is 78.4 Å². The maximum Gasteiger partial charge on any atom is 0.329 e. The van der Waals surface area contributed by atoms with E-state index in [0.29, 0.717) is 25.3 Å². The van der Waals surface area contributed by atoms with Gasteiger partial charge in [0.1, 0.15) is 5.54 Å². The van der Waals surface area contributed by atoms with Crippen LogP contribution >= 0.6 is 0 Å². The molecule has 2 fully saturated rings. The number of amides is 2. The third kappa shape index (κ3) is 3.69. The van der Waals surface area contributed by atoms with E-state index in [1.165, 1.54) is 6.42 Å². The Kier molecular flexibility index (Phi) is 4.79. The minimum Gasteiger partial charge on any atom is -0.480 e. The molecular formula is C16H28N2O3. The number of carboxylic acid groups (broad SMARTS) is 1. The molecule has 0 spiro atoms. The first-order valence-electron chi connectivity index (χ1n) is 8.19. The smallest absolute Gasteiger partial charge is 0.329 e. The zero-order valence-electron chi connectivity index (χ0n) is 13.2. The number of hydrogen-bond acceptors (Lipinski definition) is 2. The fourth-order valence-electron chi connectivity index (χ4n) is 3.48. The zero-order valence-corrected chi connectivity index (χ0v) is 13.2. The molecule has 3 N–H and O–H groups in total. The van der Waals surface area contributed by atoms with Crippen LogP contribution in [0.1, 0.15) is 65.2 Å². The normalized spacial score (nSPS) is 31.0. The van der Waals surface area contributed by atoms with Crippen molar-refractivity contribution in [3.05, 3.63) is 0 Å². The van der Waals surface area contributed by atoms with Crippen molar-refractivity contribution in [1.29, 1.82) is 0 Å². The highest BCUT2D eigenvalue weighted by Gasteiger charge is 2.43. The third-order valence-corrected chi connectivity index (χ3v) is 5.53. The fraction of sp³-hybridized carbons (Fsp3) is 0.875. The monoisotopic (exact) mass is 296 g/mol. The number of carboxylic acids is 1.